The van der Waals surface area contributed by atoms with E-state index in [9.17, 15) is 9.90 Å². The predicted molar refractivity (Wildman–Crippen MR) is 121 cm³/mol. The van der Waals surface area contributed by atoms with Crippen molar-refractivity contribution in [3.05, 3.63) is 83.9 Å². The lowest BCUT2D eigenvalue weighted by atomic mass is 10.1. The van der Waals surface area contributed by atoms with Crippen LogP contribution in [-0.2, 0) is 9.53 Å². The van der Waals surface area contributed by atoms with Crippen LogP contribution in [0.3, 0.4) is 0 Å². The number of thiophene rings is 1. The summed E-state index contributed by atoms with van der Waals surface area (Å²) in [6.07, 6.45) is 3.07. The Bertz CT molecular complexity index is 1240. The zero-order valence-corrected chi connectivity index (χ0v) is 17.4. The van der Waals surface area contributed by atoms with Gasteiger partial charge in [-0.3, -0.25) is 0 Å². The van der Waals surface area contributed by atoms with E-state index < -0.39 is 5.97 Å². The number of methoxy groups -OCH3 is 1. The van der Waals surface area contributed by atoms with Crippen molar-refractivity contribution in [2.45, 2.75) is 6.92 Å². The fraction of sp³-hybridized carbons (Fsp3) is 0.0800. The highest BCUT2D eigenvalue weighted by Crippen LogP contribution is 2.47. The summed E-state index contributed by atoms with van der Waals surface area (Å²) >= 11 is 1.59. The smallest absolute Gasteiger partial charge is 0.330 e. The summed E-state index contributed by atoms with van der Waals surface area (Å²) in [6.45, 7) is 2.07. The van der Waals surface area contributed by atoms with Gasteiger partial charge in [0.25, 0.3) is 0 Å². The number of phenolic OH excluding ortho intramolecular Hbond substituents is 1. The predicted octanol–water partition coefficient (Wildman–Crippen LogP) is 6.56. The van der Waals surface area contributed by atoms with Gasteiger partial charge < -0.3 is 14.6 Å². The molecule has 0 atom stereocenters. The van der Waals surface area contributed by atoms with Crippen LogP contribution in [0.15, 0.2) is 72.8 Å². The highest BCUT2D eigenvalue weighted by molar-refractivity contribution is 7.22. The Morgan fingerprint density at radius 1 is 1.03 bits per heavy atom. The molecule has 4 rings (SSSR count). The maximum Gasteiger partial charge on any atom is 0.330 e. The summed E-state index contributed by atoms with van der Waals surface area (Å²) in [6, 6.07) is 21.0. The average Bonchev–Trinajstić information content (AvgIpc) is 3.10. The normalized spacial score (nSPS) is 11.1. The van der Waals surface area contributed by atoms with Crippen LogP contribution >= 0.6 is 11.3 Å². The zero-order valence-electron chi connectivity index (χ0n) is 16.6. The molecule has 0 aliphatic heterocycles. The number of hydrogen-bond donors (Lipinski definition) is 1. The number of rotatable bonds is 5. The zero-order chi connectivity index (χ0) is 21.1. The third-order valence-electron chi connectivity index (χ3n) is 4.73. The van der Waals surface area contributed by atoms with Crippen molar-refractivity contribution in [1.82, 2.24) is 0 Å². The van der Waals surface area contributed by atoms with Gasteiger partial charge in [0, 0.05) is 16.2 Å². The highest BCUT2D eigenvalue weighted by Gasteiger charge is 2.18. The number of benzene rings is 3. The minimum Gasteiger partial charge on any atom is -0.508 e. The molecule has 4 aromatic rings. The van der Waals surface area contributed by atoms with Crippen molar-refractivity contribution in [1.29, 1.82) is 0 Å². The number of carbonyl (C=O) groups is 1. The molecule has 0 fully saturated rings. The van der Waals surface area contributed by atoms with E-state index in [4.69, 9.17) is 4.74 Å². The molecule has 1 N–H and O–H groups in total. The maximum atomic E-state index is 11.3. The van der Waals surface area contributed by atoms with E-state index in [1.54, 1.807) is 29.5 Å². The van der Waals surface area contributed by atoms with Gasteiger partial charge in [0.15, 0.2) is 5.75 Å². The molecule has 4 nitrogen and oxygen atoms in total. The molecule has 0 aliphatic carbocycles. The Hall–Kier alpha value is -3.57. The number of ether oxygens (including phenoxy) is 2. The van der Waals surface area contributed by atoms with Gasteiger partial charge in [0.1, 0.15) is 11.5 Å². The second kappa shape index (κ2) is 8.43. The molecule has 0 radical (unpaired) electrons. The Kier molecular flexibility index (Phi) is 5.55. The Morgan fingerprint density at radius 3 is 2.53 bits per heavy atom. The van der Waals surface area contributed by atoms with Crippen LogP contribution in [-0.4, -0.2) is 18.2 Å². The van der Waals surface area contributed by atoms with Crippen LogP contribution in [0.25, 0.3) is 26.6 Å². The first-order chi connectivity index (χ1) is 14.5. The lowest BCUT2D eigenvalue weighted by Gasteiger charge is -2.10. The van der Waals surface area contributed by atoms with Gasteiger partial charge in [-0.15, -0.1) is 11.3 Å². The minimum atomic E-state index is -0.397. The molecule has 0 saturated carbocycles. The number of carbonyl (C=O) groups excluding carboxylic acids is 1. The third-order valence-corrected chi connectivity index (χ3v) is 5.90. The van der Waals surface area contributed by atoms with E-state index in [1.807, 2.05) is 42.5 Å². The van der Waals surface area contributed by atoms with E-state index >= 15 is 0 Å². The molecule has 1 heterocycles. The molecular formula is C25H20O4S. The minimum absolute atomic E-state index is 0.230. The summed E-state index contributed by atoms with van der Waals surface area (Å²) in [5, 5.41) is 10.9. The highest BCUT2D eigenvalue weighted by atomic mass is 32.1. The van der Waals surface area contributed by atoms with Crippen molar-refractivity contribution < 1.29 is 19.4 Å². The molecular weight excluding hydrogens is 396 g/mol. The first-order valence-electron chi connectivity index (χ1n) is 9.40. The Labute approximate surface area is 178 Å². The summed E-state index contributed by atoms with van der Waals surface area (Å²) < 4.78 is 11.9. The molecule has 0 bridgehead atoms. The van der Waals surface area contributed by atoms with Crippen LogP contribution in [0.5, 0.6) is 17.2 Å². The van der Waals surface area contributed by atoms with E-state index in [0.717, 1.165) is 37.4 Å². The third kappa shape index (κ3) is 4.07. The summed E-state index contributed by atoms with van der Waals surface area (Å²) in [5.74, 6) is 1.29. The largest absolute Gasteiger partial charge is 0.508 e. The van der Waals surface area contributed by atoms with Gasteiger partial charge in [0.05, 0.1) is 12.0 Å². The lowest BCUT2D eigenvalue weighted by Crippen LogP contribution is -1.93. The van der Waals surface area contributed by atoms with E-state index in [-0.39, 0.29) is 5.75 Å². The monoisotopic (exact) mass is 416 g/mol. The first kappa shape index (κ1) is 19.7. The standard InChI is InChI=1S/C25H20O4S/c1-16-5-3-4-6-20(16)25-24(21-13-10-18(26)15-22(21)30-25)29-19-11-7-17(8-12-19)9-14-23(27)28-2/h3-15,26H,1-2H3/b14-9+. The van der Waals surface area contributed by atoms with Gasteiger partial charge in [-0.25, -0.2) is 4.79 Å². The van der Waals surface area contributed by atoms with Crippen LogP contribution < -0.4 is 4.74 Å². The second-order valence-corrected chi connectivity index (χ2v) is 7.84. The SMILES string of the molecule is COC(=O)/C=C/c1ccc(Oc2c(-c3ccccc3C)sc3cc(O)ccc23)cc1. The first-order valence-corrected chi connectivity index (χ1v) is 10.2. The van der Waals surface area contributed by atoms with E-state index in [0.29, 0.717) is 5.75 Å². The molecule has 5 heteroatoms. The lowest BCUT2D eigenvalue weighted by molar-refractivity contribution is -0.134. The average molecular weight is 416 g/mol. The van der Waals surface area contributed by atoms with Crippen LogP contribution in [0, 0.1) is 6.92 Å². The molecule has 0 aliphatic rings. The summed E-state index contributed by atoms with van der Waals surface area (Å²) in [7, 11) is 1.35. The number of fused-ring (bicyclic) bond motifs is 1. The van der Waals surface area contributed by atoms with E-state index in [2.05, 4.69) is 23.8 Å². The van der Waals surface area contributed by atoms with Crippen LogP contribution in [0.1, 0.15) is 11.1 Å². The number of aromatic hydroxyl groups is 1. The molecule has 3 aromatic carbocycles. The number of esters is 1. The van der Waals surface area contributed by atoms with Crippen molar-refractivity contribution in [3.63, 3.8) is 0 Å². The molecule has 0 unspecified atom stereocenters. The van der Waals surface area contributed by atoms with Gasteiger partial charge in [0.2, 0.25) is 0 Å². The van der Waals surface area contributed by atoms with Gasteiger partial charge in [-0.2, -0.15) is 0 Å². The Balaban J connectivity index is 1.73. The van der Waals surface area contributed by atoms with Crippen molar-refractivity contribution in [2.75, 3.05) is 7.11 Å². The number of phenols is 1. The second-order valence-electron chi connectivity index (χ2n) is 6.78. The molecule has 0 spiro atoms. The van der Waals surface area contributed by atoms with Gasteiger partial charge in [-0.05, 0) is 60.0 Å². The van der Waals surface area contributed by atoms with Crippen molar-refractivity contribution in [3.8, 4) is 27.7 Å². The van der Waals surface area contributed by atoms with E-state index in [1.165, 1.54) is 13.2 Å². The maximum absolute atomic E-state index is 11.3. The fourth-order valence-corrected chi connectivity index (χ4v) is 4.42. The number of hydrogen-bond acceptors (Lipinski definition) is 5. The topological polar surface area (TPSA) is 55.8 Å². The molecule has 0 amide bonds. The van der Waals surface area contributed by atoms with Gasteiger partial charge >= 0.3 is 5.97 Å². The van der Waals surface area contributed by atoms with Crippen LogP contribution in [0.2, 0.25) is 0 Å². The van der Waals surface area contributed by atoms with Crippen LogP contribution in [0.4, 0.5) is 0 Å². The number of aryl methyl sites for hydroxylation is 1. The molecule has 30 heavy (non-hydrogen) atoms. The molecule has 150 valence electrons. The molecule has 1 aromatic heterocycles. The van der Waals surface area contributed by atoms with Crippen molar-refractivity contribution >= 4 is 33.5 Å². The van der Waals surface area contributed by atoms with Crippen molar-refractivity contribution in [2.24, 2.45) is 0 Å². The quantitative estimate of drug-likeness (QED) is 0.296. The summed E-state index contributed by atoms with van der Waals surface area (Å²) in [5.41, 5.74) is 3.12. The fourth-order valence-electron chi connectivity index (χ4n) is 3.17. The van der Waals surface area contributed by atoms with Gasteiger partial charge in [-0.1, -0.05) is 36.4 Å². The Morgan fingerprint density at radius 2 is 1.80 bits per heavy atom. The molecule has 0 saturated heterocycles. The summed E-state index contributed by atoms with van der Waals surface area (Å²) in [4.78, 5) is 12.3.